The third-order valence-electron chi connectivity index (χ3n) is 5.60. The maximum absolute atomic E-state index is 12.4. The molecule has 28 heavy (non-hydrogen) atoms. The molecule has 4 rings (SSSR count). The number of hydrogen-bond donors (Lipinski definition) is 2. The van der Waals surface area contributed by atoms with Crippen molar-refractivity contribution in [1.29, 1.82) is 0 Å². The lowest BCUT2D eigenvalue weighted by atomic mass is 10.2. The smallest absolute Gasteiger partial charge is 0.251 e. The van der Waals surface area contributed by atoms with E-state index in [0.717, 1.165) is 13.1 Å². The normalized spacial score (nSPS) is 23.6. The van der Waals surface area contributed by atoms with Gasteiger partial charge in [0, 0.05) is 12.0 Å². The number of benzene rings is 1. The molecule has 3 aliphatic rings. The zero-order chi connectivity index (χ0) is 19.7. The van der Waals surface area contributed by atoms with Gasteiger partial charge in [0.15, 0.2) is 21.3 Å². The van der Waals surface area contributed by atoms with E-state index < -0.39 is 9.84 Å². The topological polar surface area (TPSA) is 106 Å². The summed E-state index contributed by atoms with van der Waals surface area (Å²) in [6.45, 7) is 2.69. The Morgan fingerprint density at radius 2 is 1.93 bits per heavy atom. The highest BCUT2D eigenvalue weighted by Crippen LogP contribution is 2.32. The fourth-order valence-corrected chi connectivity index (χ4v) is 5.80. The van der Waals surface area contributed by atoms with Gasteiger partial charge in [-0.15, -0.1) is 0 Å². The molecule has 2 fully saturated rings. The molecule has 0 unspecified atom stereocenters. The summed E-state index contributed by atoms with van der Waals surface area (Å²) in [5, 5.41) is 2.65. The molecule has 9 nitrogen and oxygen atoms in total. The minimum Gasteiger partial charge on any atom is -0.454 e. The van der Waals surface area contributed by atoms with Gasteiger partial charge in [0.25, 0.3) is 5.91 Å². The highest BCUT2D eigenvalue weighted by molar-refractivity contribution is 7.91. The number of piperazine rings is 1. The zero-order valence-corrected chi connectivity index (χ0v) is 16.3. The van der Waals surface area contributed by atoms with Crippen LogP contribution in [-0.4, -0.2) is 82.2 Å². The molecule has 0 radical (unpaired) electrons. The van der Waals surface area contributed by atoms with Crippen molar-refractivity contribution in [2.75, 3.05) is 51.0 Å². The predicted molar refractivity (Wildman–Crippen MR) is 99.2 cm³/mol. The number of sulfone groups is 1. The van der Waals surface area contributed by atoms with Gasteiger partial charge in [-0.2, -0.15) is 0 Å². The molecule has 10 heteroatoms. The Morgan fingerprint density at radius 3 is 2.64 bits per heavy atom. The van der Waals surface area contributed by atoms with Crippen molar-refractivity contribution in [2.45, 2.75) is 12.5 Å². The summed E-state index contributed by atoms with van der Waals surface area (Å²) in [5.41, 5.74) is 0.411. The number of nitrogens with one attached hydrogen (secondary N) is 2. The second kappa shape index (κ2) is 7.59. The monoisotopic (exact) mass is 410 g/mol. The van der Waals surface area contributed by atoms with Gasteiger partial charge in [-0.05, 0) is 18.2 Å². The van der Waals surface area contributed by atoms with E-state index in [1.807, 2.05) is 0 Å². The Labute approximate surface area is 163 Å². The van der Waals surface area contributed by atoms with Crippen LogP contribution >= 0.6 is 0 Å². The van der Waals surface area contributed by atoms with E-state index in [1.165, 1.54) is 4.90 Å². The Bertz CT molecular complexity index is 879. The standard InChI is InChI=1S/C18H23N3O6S/c22-17(10-19-18(23)13-1-2-15-16(9-13)27-12-26-15)21-6-4-20(5-7-21)14-3-8-28(24,25)11-14/h1-2,9,14H,3-8,10-12H2,(H,19,23)/p+1/t14-/m1/s1. The molecule has 1 aromatic rings. The number of carbonyl (C=O) groups is 2. The average molecular weight is 410 g/mol. The largest absolute Gasteiger partial charge is 0.454 e. The Morgan fingerprint density at radius 1 is 1.18 bits per heavy atom. The van der Waals surface area contributed by atoms with E-state index in [4.69, 9.17) is 9.47 Å². The zero-order valence-electron chi connectivity index (χ0n) is 15.5. The molecule has 0 bridgehead atoms. The molecule has 1 atom stereocenters. The van der Waals surface area contributed by atoms with Crippen LogP contribution in [0, 0.1) is 0 Å². The maximum atomic E-state index is 12.4. The summed E-state index contributed by atoms with van der Waals surface area (Å²) in [7, 11) is -2.89. The molecule has 2 amide bonds. The second-order valence-corrected chi connectivity index (χ2v) is 9.62. The summed E-state index contributed by atoms with van der Waals surface area (Å²) in [5.74, 6) is 1.17. The van der Waals surface area contributed by atoms with Gasteiger partial charge in [-0.3, -0.25) is 9.59 Å². The number of carbonyl (C=O) groups excluding carboxylic acids is 2. The quantitative estimate of drug-likeness (QED) is 0.598. The molecular weight excluding hydrogens is 386 g/mol. The van der Waals surface area contributed by atoms with Gasteiger partial charge in [-0.1, -0.05) is 0 Å². The van der Waals surface area contributed by atoms with Crippen LogP contribution in [-0.2, 0) is 14.6 Å². The number of quaternary nitrogens is 1. The molecule has 3 aliphatic heterocycles. The van der Waals surface area contributed by atoms with Crippen molar-refractivity contribution in [2.24, 2.45) is 0 Å². The van der Waals surface area contributed by atoms with Crippen LogP contribution in [0.2, 0.25) is 0 Å². The van der Waals surface area contributed by atoms with Gasteiger partial charge in [0.05, 0.1) is 38.5 Å². The van der Waals surface area contributed by atoms with E-state index in [1.54, 1.807) is 23.1 Å². The van der Waals surface area contributed by atoms with Crippen molar-refractivity contribution < 1.29 is 32.4 Å². The summed E-state index contributed by atoms with van der Waals surface area (Å²) >= 11 is 0. The van der Waals surface area contributed by atoms with E-state index in [9.17, 15) is 18.0 Å². The van der Waals surface area contributed by atoms with Crippen LogP contribution in [0.15, 0.2) is 18.2 Å². The van der Waals surface area contributed by atoms with E-state index >= 15 is 0 Å². The average Bonchev–Trinajstić information content (AvgIpc) is 3.31. The summed E-state index contributed by atoms with van der Waals surface area (Å²) < 4.78 is 33.8. The highest BCUT2D eigenvalue weighted by Gasteiger charge is 2.37. The van der Waals surface area contributed by atoms with Crippen LogP contribution in [0.3, 0.4) is 0 Å². The first-order chi connectivity index (χ1) is 13.4. The van der Waals surface area contributed by atoms with Gasteiger partial charge in [0.1, 0.15) is 11.8 Å². The fraction of sp³-hybridized carbons (Fsp3) is 0.556. The Kier molecular flexibility index (Phi) is 5.15. The lowest BCUT2D eigenvalue weighted by Crippen LogP contribution is -3.18. The summed E-state index contributed by atoms with van der Waals surface area (Å²) in [6, 6.07) is 5.04. The third-order valence-corrected chi connectivity index (χ3v) is 7.37. The molecule has 0 saturated carbocycles. The first kappa shape index (κ1) is 19.0. The van der Waals surface area contributed by atoms with Gasteiger partial charge < -0.3 is 24.6 Å². The van der Waals surface area contributed by atoms with Crippen molar-refractivity contribution in [3.05, 3.63) is 23.8 Å². The molecule has 152 valence electrons. The van der Waals surface area contributed by atoms with Crippen molar-refractivity contribution in [1.82, 2.24) is 10.2 Å². The number of ether oxygens (including phenoxy) is 2. The second-order valence-electron chi connectivity index (χ2n) is 7.39. The highest BCUT2D eigenvalue weighted by atomic mass is 32.2. The van der Waals surface area contributed by atoms with E-state index in [2.05, 4.69) is 5.32 Å². The third kappa shape index (κ3) is 4.07. The molecular formula is C18H24N3O6S+. The summed E-state index contributed by atoms with van der Waals surface area (Å²) in [6.07, 6.45) is 0.706. The van der Waals surface area contributed by atoms with E-state index in [-0.39, 0.29) is 42.7 Å². The first-order valence-electron chi connectivity index (χ1n) is 9.42. The lowest BCUT2D eigenvalue weighted by Gasteiger charge is -2.35. The minimum atomic E-state index is -2.89. The van der Waals surface area contributed by atoms with Crippen LogP contribution in [0.1, 0.15) is 16.8 Å². The number of rotatable bonds is 4. The van der Waals surface area contributed by atoms with Gasteiger partial charge in [-0.25, -0.2) is 8.42 Å². The molecule has 0 aromatic heterocycles. The minimum absolute atomic E-state index is 0.0690. The van der Waals surface area contributed by atoms with Crippen molar-refractivity contribution in [3.8, 4) is 11.5 Å². The molecule has 3 heterocycles. The number of nitrogens with zero attached hydrogens (tertiary/aromatic N) is 1. The molecule has 2 N–H and O–H groups in total. The number of fused-ring (bicyclic) bond motifs is 1. The maximum Gasteiger partial charge on any atom is 0.251 e. The number of amides is 2. The molecule has 0 spiro atoms. The first-order valence-corrected chi connectivity index (χ1v) is 11.2. The molecule has 1 aromatic carbocycles. The van der Waals surface area contributed by atoms with Crippen molar-refractivity contribution in [3.63, 3.8) is 0 Å². The van der Waals surface area contributed by atoms with E-state index in [0.29, 0.717) is 36.6 Å². The van der Waals surface area contributed by atoms with Crippen molar-refractivity contribution >= 4 is 21.7 Å². The SMILES string of the molecule is O=C(NCC(=O)N1CC[NH+]([C@@H]2CCS(=O)(=O)C2)CC1)c1ccc2c(c1)OCO2. The van der Waals surface area contributed by atoms with Gasteiger partial charge >= 0.3 is 0 Å². The predicted octanol–water partition coefficient (Wildman–Crippen LogP) is -1.94. The number of hydrogen-bond acceptors (Lipinski definition) is 6. The fourth-order valence-electron chi connectivity index (χ4n) is 3.98. The Balaban J connectivity index is 1.24. The molecule has 0 aliphatic carbocycles. The van der Waals surface area contributed by atoms with Crippen LogP contribution < -0.4 is 19.7 Å². The molecule has 2 saturated heterocycles. The lowest BCUT2D eigenvalue weighted by molar-refractivity contribution is -0.925. The summed E-state index contributed by atoms with van der Waals surface area (Å²) in [4.78, 5) is 27.7. The Hall–Kier alpha value is -2.33. The van der Waals surface area contributed by atoms with Gasteiger partial charge in [0.2, 0.25) is 12.7 Å². The van der Waals surface area contributed by atoms with Crippen LogP contribution in [0.5, 0.6) is 11.5 Å². The van der Waals surface area contributed by atoms with Crippen LogP contribution in [0.4, 0.5) is 0 Å². The van der Waals surface area contributed by atoms with Crippen LogP contribution in [0.25, 0.3) is 0 Å².